The number of anilines is 2. The Bertz CT molecular complexity index is 1120. The molecule has 4 rings (SSSR count). The molecule has 8 nitrogen and oxygen atoms in total. The first-order valence-electron chi connectivity index (χ1n) is 9.51. The number of nitrogens with zero attached hydrogens (tertiary/aromatic N) is 5. The van der Waals surface area contributed by atoms with Crippen molar-refractivity contribution >= 4 is 17.4 Å². The van der Waals surface area contributed by atoms with Gasteiger partial charge >= 0.3 is 0 Å². The molecule has 0 aliphatic heterocycles. The number of carbonyl (C=O) groups is 1. The number of nitrogens with one attached hydrogen (secondary N) is 2. The molecule has 0 bridgehead atoms. The number of carbonyl (C=O) groups excluding carboxylic acids is 1. The highest BCUT2D eigenvalue weighted by Gasteiger charge is 2.14. The molecular formula is C22H21N7O. The van der Waals surface area contributed by atoms with Crippen LogP contribution in [0.1, 0.15) is 6.92 Å². The van der Waals surface area contributed by atoms with E-state index in [1.165, 1.54) is 0 Å². The Hall–Kier alpha value is -4.07. The van der Waals surface area contributed by atoms with Crippen LogP contribution >= 0.6 is 0 Å². The summed E-state index contributed by atoms with van der Waals surface area (Å²) in [6, 6.07) is 18.5. The van der Waals surface area contributed by atoms with Crippen molar-refractivity contribution in [3.8, 4) is 22.6 Å². The third kappa shape index (κ3) is 4.33. The molecule has 0 spiro atoms. The van der Waals surface area contributed by atoms with Gasteiger partial charge in [-0.1, -0.05) is 30.3 Å². The molecule has 0 unspecified atom stereocenters. The molecule has 4 aromatic rings. The largest absolute Gasteiger partial charge is 0.373 e. The molecule has 0 radical (unpaired) electrons. The lowest BCUT2D eigenvalue weighted by molar-refractivity contribution is -0.116. The standard InChI is InChI=1S/C22H21N7O/c1-15(25-17-8-9-19(23-14-17)20-12-13-24-29(20)2)22(30)26-21-11-10-18(27-28-21)16-6-4-3-5-7-16/h3-15,25H,1-2H3,(H,26,28,30)/t15-/m1/s1. The zero-order valence-corrected chi connectivity index (χ0v) is 16.6. The fourth-order valence-corrected chi connectivity index (χ4v) is 2.97. The molecule has 2 N–H and O–H groups in total. The van der Waals surface area contributed by atoms with Gasteiger partial charge in [-0.15, -0.1) is 10.2 Å². The second-order valence-electron chi connectivity index (χ2n) is 6.80. The minimum Gasteiger partial charge on any atom is -0.373 e. The van der Waals surface area contributed by atoms with Crippen LogP contribution < -0.4 is 10.6 Å². The Morgan fingerprint density at radius 3 is 2.40 bits per heavy atom. The molecule has 1 atom stereocenters. The molecule has 0 fully saturated rings. The maximum absolute atomic E-state index is 12.5. The monoisotopic (exact) mass is 399 g/mol. The Kier molecular flexibility index (Phi) is 5.47. The number of rotatable bonds is 6. The van der Waals surface area contributed by atoms with Gasteiger partial charge in [-0.3, -0.25) is 14.5 Å². The molecule has 30 heavy (non-hydrogen) atoms. The van der Waals surface area contributed by atoms with Crippen LogP contribution in [0.25, 0.3) is 22.6 Å². The van der Waals surface area contributed by atoms with Gasteiger partial charge in [-0.2, -0.15) is 5.10 Å². The molecular weight excluding hydrogens is 378 g/mol. The lowest BCUT2D eigenvalue weighted by Crippen LogP contribution is -2.32. The van der Waals surface area contributed by atoms with Crippen LogP contribution in [0.5, 0.6) is 0 Å². The second kappa shape index (κ2) is 8.52. The Morgan fingerprint density at radius 2 is 1.77 bits per heavy atom. The Labute approximate surface area is 174 Å². The van der Waals surface area contributed by atoms with Crippen molar-refractivity contribution in [3.05, 3.63) is 73.1 Å². The number of hydrogen-bond acceptors (Lipinski definition) is 6. The molecule has 1 aromatic carbocycles. The smallest absolute Gasteiger partial charge is 0.247 e. The van der Waals surface area contributed by atoms with E-state index in [1.807, 2.05) is 61.6 Å². The number of benzene rings is 1. The molecule has 150 valence electrons. The SMILES string of the molecule is C[C@@H](Nc1ccc(-c2ccnn2C)nc1)C(=O)Nc1ccc(-c2ccccc2)nn1. The quantitative estimate of drug-likeness (QED) is 0.516. The van der Waals surface area contributed by atoms with Gasteiger partial charge in [0.1, 0.15) is 6.04 Å². The average Bonchev–Trinajstić information content (AvgIpc) is 3.21. The topological polar surface area (TPSA) is 97.6 Å². The first kappa shape index (κ1) is 19.3. The first-order chi connectivity index (χ1) is 14.6. The predicted molar refractivity (Wildman–Crippen MR) is 116 cm³/mol. The lowest BCUT2D eigenvalue weighted by Gasteiger charge is -2.15. The third-order valence-corrected chi connectivity index (χ3v) is 4.61. The number of pyridine rings is 1. The minimum atomic E-state index is -0.482. The van der Waals surface area contributed by atoms with E-state index in [-0.39, 0.29) is 5.91 Å². The van der Waals surface area contributed by atoms with Gasteiger partial charge in [-0.05, 0) is 37.3 Å². The first-order valence-corrected chi connectivity index (χ1v) is 9.51. The fraction of sp³-hybridized carbons (Fsp3) is 0.136. The maximum Gasteiger partial charge on any atom is 0.247 e. The van der Waals surface area contributed by atoms with E-state index in [0.29, 0.717) is 5.82 Å². The molecule has 3 aromatic heterocycles. The van der Waals surface area contributed by atoms with Crippen molar-refractivity contribution in [2.75, 3.05) is 10.6 Å². The van der Waals surface area contributed by atoms with Crippen molar-refractivity contribution in [1.29, 1.82) is 0 Å². The highest BCUT2D eigenvalue weighted by atomic mass is 16.2. The molecule has 1 amide bonds. The molecule has 8 heteroatoms. The summed E-state index contributed by atoms with van der Waals surface area (Å²) in [4.78, 5) is 16.9. The van der Waals surface area contributed by atoms with Crippen LogP contribution in [0.2, 0.25) is 0 Å². The number of hydrogen-bond donors (Lipinski definition) is 2. The maximum atomic E-state index is 12.5. The zero-order chi connectivity index (χ0) is 20.9. The highest BCUT2D eigenvalue weighted by Crippen LogP contribution is 2.18. The van der Waals surface area contributed by atoms with E-state index in [4.69, 9.17) is 0 Å². The van der Waals surface area contributed by atoms with E-state index < -0.39 is 6.04 Å². The summed E-state index contributed by atoms with van der Waals surface area (Å²) in [6.07, 6.45) is 3.42. The zero-order valence-electron chi connectivity index (χ0n) is 16.6. The summed E-state index contributed by atoms with van der Waals surface area (Å²) in [5.41, 5.74) is 4.20. The van der Waals surface area contributed by atoms with E-state index in [2.05, 4.69) is 30.9 Å². The van der Waals surface area contributed by atoms with Crippen LogP contribution in [-0.4, -0.2) is 36.9 Å². The van der Waals surface area contributed by atoms with Crippen molar-refractivity contribution < 1.29 is 4.79 Å². The van der Waals surface area contributed by atoms with Crippen LogP contribution in [0, 0.1) is 0 Å². The number of aryl methyl sites for hydroxylation is 1. The van der Waals surface area contributed by atoms with E-state index in [1.54, 1.807) is 30.1 Å². The average molecular weight is 399 g/mol. The molecule has 0 aliphatic carbocycles. The third-order valence-electron chi connectivity index (χ3n) is 4.61. The van der Waals surface area contributed by atoms with Crippen molar-refractivity contribution in [2.45, 2.75) is 13.0 Å². The van der Waals surface area contributed by atoms with Crippen molar-refractivity contribution in [2.24, 2.45) is 7.05 Å². The number of aromatic nitrogens is 5. The van der Waals surface area contributed by atoms with Gasteiger partial charge in [0, 0.05) is 18.8 Å². The summed E-state index contributed by atoms with van der Waals surface area (Å²) in [7, 11) is 1.87. The number of amides is 1. The second-order valence-corrected chi connectivity index (χ2v) is 6.80. The van der Waals surface area contributed by atoms with E-state index in [0.717, 1.165) is 28.3 Å². The normalized spacial score (nSPS) is 11.7. The highest BCUT2D eigenvalue weighted by molar-refractivity contribution is 5.95. The molecule has 3 heterocycles. The summed E-state index contributed by atoms with van der Waals surface area (Å²) < 4.78 is 1.76. The summed E-state index contributed by atoms with van der Waals surface area (Å²) >= 11 is 0. The Balaban J connectivity index is 1.36. The predicted octanol–water partition coefficient (Wildman–Crippen LogP) is 3.38. The molecule has 0 saturated carbocycles. The fourth-order valence-electron chi connectivity index (χ4n) is 2.97. The van der Waals surface area contributed by atoms with Gasteiger partial charge in [0.15, 0.2) is 5.82 Å². The van der Waals surface area contributed by atoms with Crippen LogP contribution in [0.3, 0.4) is 0 Å². The van der Waals surface area contributed by atoms with Gasteiger partial charge in [-0.25, -0.2) is 0 Å². The summed E-state index contributed by atoms with van der Waals surface area (Å²) in [6.45, 7) is 1.77. The lowest BCUT2D eigenvalue weighted by atomic mass is 10.1. The van der Waals surface area contributed by atoms with Crippen LogP contribution in [0.4, 0.5) is 11.5 Å². The van der Waals surface area contributed by atoms with Gasteiger partial charge in [0.25, 0.3) is 0 Å². The summed E-state index contributed by atoms with van der Waals surface area (Å²) in [5.74, 6) is 0.186. The molecule has 0 aliphatic rings. The van der Waals surface area contributed by atoms with Gasteiger partial charge < -0.3 is 10.6 Å². The Morgan fingerprint density at radius 1 is 0.967 bits per heavy atom. The van der Waals surface area contributed by atoms with Crippen molar-refractivity contribution in [1.82, 2.24) is 25.0 Å². The van der Waals surface area contributed by atoms with Crippen LogP contribution in [0.15, 0.2) is 73.1 Å². The molecule has 0 saturated heterocycles. The summed E-state index contributed by atoms with van der Waals surface area (Å²) in [5, 5.41) is 18.3. The van der Waals surface area contributed by atoms with Crippen LogP contribution in [-0.2, 0) is 11.8 Å². The van der Waals surface area contributed by atoms with Crippen molar-refractivity contribution in [3.63, 3.8) is 0 Å². The van der Waals surface area contributed by atoms with E-state index in [9.17, 15) is 4.79 Å². The van der Waals surface area contributed by atoms with Gasteiger partial charge in [0.05, 0.1) is 29.0 Å². The van der Waals surface area contributed by atoms with Gasteiger partial charge in [0.2, 0.25) is 5.91 Å². The van der Waals surface area contributed by atoms with E-state index >= 15 is 0 Å². The minimum absolute atomic E-state index is 0.215.